The van der Waals surface area contributed by atoms with Crippen LogP contribution in [0.3, 0.4) is 0 Å². The number of unbranched alkanes of at least 4 members (excludes halogenated alkanes) is 31. The Kier molecular flexibility index (Phi) is 48.8. The molecule has 3 unspecified atom stereocenters. The summed E-state index contributed by atoms with van der Waals surface area (Å²) in [7, 11) is 1.55. The number of amides is 1. The molecule has 3 atom stereocenters. The number of rotatable bonds is 52. The van der Waals surface area contributed by atoms with Gasteiger partial charge in [-0.1, -0.05) is 235 Å². The number of nitrogens with one attached hydrogen (secondary N) is 1. The van der Waals surface area contributed by atoms with Crippen LogP contribution in [0.5, 0.6) is 0 Å². The molecule has 0 spiro atoms. The molecule has 0 radical (unpaired) electrons. The predicted molar refractivity (Wildman–Crippen MR) is 295 cm³/mol. The number of hydrogen-bond donors (Lipinski definition) is 3. The fourth-order valence-electron chi connectivity index (χ4n) is 8.16. The smallest absolute Gasteiger partial charge is 0.387 e. The Hall–Kier alpha value is -1.80. The van der Waals surface area contributed by atoms with Crippen LogP contribution in [0.25, 0.3) is 0 Å². The maximum absolute atomic E-state index is 13.0. The van der Waals surface area contributed by atoms with E-state index in [1.165, 1.54) is 186 Å². The van der Waals surface area contributed by atoms with Crippen LogP contribution in [0.2, 0.25) is 0 Å². The summed E-state index contributed by atoms with van der Waals surface area (Å²) in [5.74, 6) is -0.190. The number of quaternary nitrogens is 1. The molecule has 1 amide bonds. The highest BCUT2D eigenvalue weighted by Crippen LogP contribution is 2.43. The minimum Gasteiger partial charge on any atom is -0.387 e. The second-order valence-electron chi connectivity index (χ2n) is 20.6. The van der Waals surface area contributed by atoms with Crippen LogP contribution in [0, 0.1) is 0 Å². The lowest BCUT2D eigenvalue weighted by atomic mass is 10.0. The van der Waals surface area contributed by atoms with E-state index in [2.05, 4.69) is 67.8 Å². The summed E-state index contributed by atoms with van der Waals surface area (Å²) in [6.45, 7) is 4.78. The maximum atomic E-state index is 13.0. The highest BCUT2D eigenvalue weighted by atomic mass is 31.2. The van der Waals surface area contributed by atoms with Crippen molar-refractivity contribution in [2.75, 3.05) is 40.9 Å². The van der Waals surface area contributed by atoms with Gasteiger partial charge in [0, 0.05) is 6.42 Å². The van der Waals surface area contributed by atoms with E-state index in [1.807, 2.05) is 27.2 Å². The summed E-state index contributed by atoms with van der Waals surface area (Å²) >= 11 is 0. The van der Waals surface area contributed by atoms with Crippen molar-refractivity contribution in [1.29, 1.82) is 0 Å². The zero-order valence-corrected chi connectivity index (χ0v) is 46.2. The largest absolute Gasteiger partial charge is 0.472 e. The zero-order valence-electron chi connectivity index (χ0n) is 45.3. The summed E-state index contributed by atoms with van der Waals surface area (Å²) in [5, 5.41) is 13.9. The fourth-order valence-corrected chi connectivity index (χ4v) is 8.90. The molecule has 3 N–H and O–H groups in total. The van der Waals surface area contributed by atoms with Gasteiger partial charge in [0.15, 0.2) is 0 Å². The summed E-state index contributed by atoms with van der Waals surface area (Å²) in [6, 6.07) is -0.871. The van der Waals surface area contributed by atoms with Crippen molar-refractivity contribution in [2.45, 2.75) is 270 Å². The molecule has 0 aromatic heterocycles. The van der Waals surface area contributed by atoms with E-state index in [0.29, 0.717) is 17.4 Å². The summed E-state index contributed by atoms with van der Waals surface area (Å²) in [5.41, 5.74) is 0. The van der Waals surface area contributed by atoms with E-state index in [4.69, 9.17) is 9.05 Å². The molecular weight excluding hydrogens is 864 g/mol. The molecule has 398 valence electrons. The number of allylic oxidation sites excluding steroid dienone is 9. The van der Waals surface area contributed by atoms with E-state index in [9.17, 15) is 19.4 Å². The number of carbonyl (C=O) groups is 1. The molecule has 9 heteroatoms. The number of phosphoric acid groups is 1. The molecule has 0 aliphatic rings. The molecule has 8 nitrogen and oxygen atoms in total. The Balaban J connectivity index is 4.18. The van der Waals surface area contributed by atoms with Gasteiger partial charge in [0.25, 0.3) is 0 Å². The van der Waals surface area contributed by atoms with Crippen LogP contribution in [0.15, 0.2) is 60.8 Å². The van der Waals surface area contributed by atoms with Crippen LogP contribution in [-0.4, -0.2) is 73.4 Å². The van der Waals surface area contributed by atoms with Crippen LogP contribution in [0.4, 0.5) is 0 Å². The topological polar surface area (TPSA) is 105 Å². The summed E-state index contributed by atoms with van der Waals surface area (Å²) in [6.07, 6.45) is 67.5. The second-order valence-corrected chi connectivity index (χ2v) is 22.1. The van der Waals surface area contributed by atoms with E-state index in [1.54, 1.807) is 6.08 Å². The monoisotopic (exact) mass is 976 g/mol. The number of phosphoric ester groups is 1. The standard InChI is InChI=1S/C59H111N2O6P/c1-6-8-10-12-14-16-18-20-22-24-25-26-27-28-29-30-31-32-33-34-35-37-39-41-43-45-47-49-51-53-59(63)60-57(56-67-68(64,65)66-55-54-61(3,4)5)58(62)52-50-48-46-44-42-40-38-36-23-21-19-17-15-13-11-9-7-2/h18,20,23-25,36,42,44,50,52,57-58,62H,6-17,19,21-22,26-35,37-41,43,45-49,51,53-56H2,1-5H3,(H-,60,63,64,65)/p+1/b20-18-,25-24-,36-23+,44-42+,52-50+. The van der Waals surface area contributed by atoms with Gasteiger partial charge in [-0.25, -0.2) is 4.57 Å². The molecule has 0 heterocycles. The van der Waals surface area contributed by atoms with Gasteiger partial charge in [0.2, 0.25) is 5.91 Å². The van der Waals surface area contributed by atoms with Gasteiger partial charge >= 0.3 is 7.82 Å². The third kappa shape index (κ3) is 52.0. The number of aliphatic hydroxyl groups is 1. The Morgan fingerprint density at radius 3 is 1.26 bits per heavy atom. The van der Waals surface area contributed by atoms with Gasteiger partial charge in [-0.05, 0) is 77.0 Å². The lowest BCUT2D eigenvalue weighted by molar-refractivity contribution is -0.870. The Morgan fingerprint density at radius 2 is 0.853 bits per heavy atom. The van der Waals surface area contributed by atoms with Crippen molar-refractivity contribution in [3.05, 3.63) is 60.8 Å². The quantitative estimate of drug-likeness (QED) is 0.0243. The van der Waals surface area contributed by atoms with Crippen molar-refractivity contribution < 1.29 is 32.9 Å². The van der Waals surface area contributed by atoms with Crippen molar-refractivity contribution in [2.24, 2.45) is 0 Å². The minimum atomic E-state index is -4.36. The summed E-state index contributed by atoms with van der Waals surface area (Å²) in [4.78, 5) is 23.3. The first-order chi connectivity index (χ1) is 33.0. The predicted octanol–water partition coefficient (Wildman–Crippen LogP) is 17.3. The molecule has 0 saturated carbocycles. The van der Waals surface area contributed by atoms with Crippen LogP contribution in [0.1, 0.15) is 258 Å². The molecule has 0 bridgehead atoms. The Labute approximate surface area is 422 Å². The van der Waals surface area contributed by atoms with Crippen molar-refractivity contribution in [1.82, 2.24) is 5.32 Å². The highest BCUT2D eigenvalue weighted by Gasteiger charge is 2.27. The zero-order chi connectivity index (χ0) is 49.9. The molecule has 0 fully saturated rings. The first-order valence-electron chi connectivity index (χ1n) is 28.7. The number of nitrogens with zero attached hydrogens (tertiary/aromatic N) is 1. The van der Waals surface area contributed by atoms with Crippen LogP contribution < -0.4 is 5.32 Å². The lowest BCUT2D eigenvalue weighted by Gasteiger charge is -2.25. The van der Waals surface area contributed by atoms with Crippen molar-refractivity contribution >= 4 is 13.7 Å². The molecule has 0 aromatic rings. The molecule has 0 aromatic carbocycles. The molecule has 0 saturated heterocycles. The molecule has 68 heavy (non-hydrogen) atoms. The number of aliphatic hydroxyl groups excluding tert-OH is 1. The van der Waals surface area contributed by atoms with E-state index >= 15 is 0 Å². The number of likely N-dealkylation sites (N-methyl/N-ethyl adjacent to an activating group) is 1. The van der Waals surface area contributed by atoms with Crippen molar-refractivity contribution in [3.8, 4) is 0 Å². The van der Waals surface area contributed by atoms with Gasteiger partial charge in [-0.15, -0.1) is 0 Å². The summed E-state index contributed by atoms with van der Waals surface area (Å²) < 4.78 is 23.7. The highest BCUT2D eigenvalue weighted by molar-refractivity contribution is 7.47. The average Bonchev–Trinajstić information content (AvgIpc) is 3.30. The molecule has 0 aliphatic carbocycles. The second kappa shape index (κ2) is 50.2. The number of hydrogen-bond acceptors (Lipinski definition) is 5. The van der Waals surface area contributed by atoms with Gasteiger partial charge in [-0.3, -0.25) is 13.8 Å². The Morgan fingerprint density at radius 1 is 0.500 bits per heavy atom. The third-order valence-electron chi connectivity index (χ3n) is 12.7. The first kappa shape index (κ1) is 66.2. The molecule has 0 rings (SSSR count). The SMILES string of the molecule is CCCCCCC/C=C\C/C=C\CCCCCCCCCCCCCCCCCCCC(=O)NC(COP(=O)(O)OCC[N+](C)(C)C)C(O)/C=C/CC/C=C/CC/C=C/CCCCCCCCC. The van der Waals surface area contributed by atoms with E-state index in [0.717, 1.165) is 51.4 Å². The van der Waals surface area contributed by atoms with Crippen LogP contribution in [-0.2, 0) is 18.4 Å². The fraction of sp³-hybridized carbons (Fsp3) is 0.814. The molecular formula is C59H112N2O6P+. The minimum absolute atomic E-state index is 0.0528. The van der Waals surface area contributed by atoms with Gasteiger partial charge in [0.05, 0.1) is 39.9 Å². The van der Waals surface area contributed by atoms with E-state index < -0.39 is 20.0 Å². The lowest BCUT2D eigenvalue weighted by Crippen LogP contribution is -2.45. The number of carbonyl (C=O) groups excluding carboxylic acids is 1. The van der Waals surface area contributed by atoms with Gasteiger partial charge < -0.3 is 19.8 Å². The van der Waals surface area contributed by atoms with Gasteiger partial charge in [-0.2, -0.15) is 0 Å². The Bertz CT molecular complexity index is 1290. The van der Waals surface area contributed by atoms with Crippen molar-refractivity contribution in [3.63, 3.8) is 0 Å². The maximum Gasteiger partial charge on any atom is 0.472 e. The third-order valence-corrected chi connectivity index (χ3v) is 13.7. The first-order valence-corrected chi connectivity index (χ1v) is 30.2. The van der Waals surface area contributed by atoms with Gasteiger partial charge in [0.1, 0.15) is 13.2 Å². The average molecular weight is 977 g/mol. The molecule has 0 aliphatic heterocycles. The van der Waals surface area contributed by atoms with Crippen LogP contribution >= 0.6 is 7.82 Å². The normalized spacial score (nSPS) is 14.4. The van der Waals surface area contributed by atoms with E-state index in [-0.39, 0.29) is 19.1 Å².